The van der Waals surface area contributed by atoms with Crippen LogP contribution in [0.5, 0.6) is 5.75 Å². The molecule has 1 saturated heterocycles. The van der Waals surface area contributed by atoms with E-state index in [1.54, 1.807) is 11.0 Å². The lowest BCUT2D eigenvalue weighted by molar-refractivity contribution is 0.288. The van der Waals surface area contributed by atoms with Gasteiger partial charge in [-0.2, -0.15) is 5.10 Å². The number of hydrogen-bond donors (Lipinski definition) is 0. The summed E-state index contributed by atoms with van der Waals surface area (Å²) in [5, 5.41) is 6.00. The monoisotopic (exact) mass is 343 g/mol. The number of benzene rings is 1. The third kappa shape index (κ3) is 2.78. The van der Waals surface area contributed by atoms with E-state index in [9.17, 15) is 0 Å². The standard InChI is InChI=1S/C17H18ClN5O/c1-22-16-15(9-21-22)17(20-11-19-16)23-8-2-3-13(23)10-24-14-6-4-12(18)5-7-14/h4-7,9,11,13H,2-3,8,10H2,1H3/t13-/m1/s1. The lowest BCUT2D eigenvalue weighted by Crippen LogP contribution is -2.35. The van der Waals surface area contributed by atoms with Crippen LogP contribution in [0, 0.1) is 0 Å². The summed E-state index contributed by atoms with van der Waals surface area (Å²) in [6, 6.07) is 7.76. The average Bonchev–Trinajstić information content (AvgIpc) is 3.21. The van der Waals surface area contributed by atoms with Crippen LogP contribution in [0.1, 0.15) is 12.8 Å². The Labute approximate surface area is 145 Å². The van der Waals surface area contributed by atoms with Crippen molar-refractivity contribution in [1.29, 1.82) is 0 Å². The molecule has 3 aromatic rings. The van der Waals surface area contributed by atoms with Crippen LogP contribution in [-0.2, 0) is 7.05 Å². The van der Waals surface area contributed by atoms with Gasteiger partial charge in [-0.3, -0.25) is 4.68 Å². The van der Waals surface area contributed by atoms with Gasteiger partial charge in [-0.05, 0) is 37.1 Å². The predicted octanol–water partition coefficient (Wildman–Crippen LogP) is 3.06. The van der Waals surface area contributed by atoms with Gasteiger partial charge in [-0.15, -0.1) is 0 Å². The number of rotatable bonds is 4. The number of aryl methyl sites for hydroxylation is 1. The van der Waals surface area contributed by atoms with Crippen molar-refractivity contribution >= 4 is 28.5 Å². The van der Waals surface area contributed by atoms with Gasteiger partial charge in [0.05, 0.1) is 17.6 Å². The lowest BCUT2D eigenvalue weighted by Gasteiger charge is -2.26. The van der Waals surface area contributed by atoms with Gasteiger partial charge in [-0.25, -0.2) is 9.97 Å². The molecule has 0 spiro atoms. The molecule has 4 rings (SSSR count). The molecule has 0 radical (unpaired) electrons. The topological polar surface area (TPSA) is 56.1 Å². The second-order valence-corrected chi connectivity index (χ2v) is 6.39. The molecule has 2 aromatic heterocycles. The molecule has 0 amide bonds. The fourth-order valence-corrected chi connectivity index (χ4v) is 3.32. The Bertz CT molecular complexity index is 848. The first-order valence-electron chi connectivity index (χ1n) is 8.00. The van der Waals surface area contributed by atoms with E-state index in [2.05, 4.69) is 20.0 Å². The second-order valence-electron chi connectivity index (χ2n) is 5.96. The highest BCUT2D eigenvalue weighted by Gasteiger charge is 2.28. The Balaban J connectivity index is 1.54. The molecular formula is C17H18ClN5O. The first-order chi connectivity index (χ1) is 11.7. The highest BCUT2D eigenvalue weighted by molar-refractivity contribution is 6.30. The van der Waals surface area contributed by atoms with E-state index in [0.29, 0.717) is 17.7 Å². The molecule has 0 aliphatic carbocycles. The summed E-state index contributed by atoms with van der Waals surface area (Å²) in [5.41, 5.74) is 0.851. The van der Waals surface area contributed by atoms with Gasteiger partial charge < -0.3 is 9.64 Å². The fraction of sp³-hybridized carbons (Fsp3) is 0.353. The number of hydrogen-bond acceptors (Lipinski definition) is 5. The zero-order chi connectivity index (χ0) is 16.5. The van der Waals surface area contributed by atoms with E-state index < -0.39 is 0 Å². The van der Waals surface area contributed by atoms with Crippen LogP contribution < -0.4 is 9.64 Å². The maximum absolute atomic E-state index is 5.95. The van der Waals surface area contributed by atoms with Gasteiger partial charge in [0.1, 0.15) is 24.5 Å². The summed E-state index contributed by atoms with van der Waals surface area (Å²) in [7, 11) is 1.89. The van der Waals surface area contributed by atoms with Gasteiger partial charge in [0.2, 0.25) is 0 Å². The highest BCUT2D eigenvalue weighted by Crippen LogP contribution is 2.29. The minimum atomic E-state index is 0.291. The molecule has 124 valence electrons. The minimum absolute atomic E-state index is 0.291. The molecule has 6 nitrogen and oxygen atoms in total. The van der Waals surface area contributed by atoms with Crippen LogP contribution in [0.25, 0.3) is 11.0 Å². The molecule has 0 bridgehead atoms. The highest BCUT2D eigenvalue weighted by atomic mass is 35.5. The van der Waals surface area contributed by atoms with Crippen molar-refractivity contribution in [2.24, 2.45) is 7.05 Å². The number of ether oxygens (including phenoxy) is 1. The van der Waals surface area contributed by atoms with Crippen molar-refractivity contribution in [3.8, 4) is 5.75 Å². The molecule has 1 aliphatic heterocycles. The zero-order valence-corrected chi connectivity index (χ0v) is 14.1. The third-order valence-electron chi connectivity index (χ3n) is 4.41. The second kappa shape index (κ2) is 6.28. The van der Waals surface area contributed by atoms with Gasteiger partial charge in [0.25, 0.3) is 0 Å². The van der Waals surface area contributed by atoms with E-state index in [1.165, 1.54) is 0 Å². The van der Waals surface area contributed by atoms with Crippen LogP contribution in [0.2, 0.25) is 5.02 Å². The normalized spacial score (nSPS) is 17.6. The van der Waals surface area contributed by atoms with Crippen LogP contribution in [0.15, 0.2) is 36.8 Å². The Morgan fingerprint density at radius 2 is 2.08 bits per heavy atom. The van der Waals surface area contributed by atoms with E-state index >= 15 is 0 Å². The van der Waals surface area contributed by atoms with E-state index in [1.807, 2.05) is 37.5 Å². The summed E-state index contributed by atoms with van der Waals surface area (Å²) in [6.07, 6.45) is 5.65. The molecule has 0 unspecified atom stereocenters. The molecule has 0 saturated carbocycles. The van der Waals surface area contributed by atoms with E-state index in [-0.39, 0.29) is 0 Å². The van der Waals surface area contributed by atoms with Gasteiger partial charge in [-0.1, -0.05) is 11.6 Å². The molecular weight excluding hydrogens is 326 g/mol. The van der Waals surface area contributed by atoms with E-state index in [0.717, 1.165) is 42.0 Å². The molecule has 24 heavy (non-hydrogen) atoms. The lowest BCUT2D eigenvalue weighted by atomic mass is 10.2. The average molecular weight is 344 g/mol. The van der Waals surface area contributed by atoms with Crippen molar-refractivity contribution in [2.75, 3.05) is 18.1 Å². The summed E-state index contributed by atoms with van der Waals surface area (Å²) in [6.45, 7) is 1.59. The molecule has 7 heteroatoms. The minimum Gasteiger partial charge on any atom is -0.491 e. The van der Waals surface area contributed by atoms with Gasteiger partial charge in [0, 0.05) is 18.6 Å². The van der Waals surface area contributed by atoms with Crippen molar-refractivity contribution in [1.82, 2.24) is 19.7 Å². The Morgan fingerprint density at radius 3 is 2.92 bits per heavy atom. The van der Waals surface area contributed by atoms with Crippen LogP contribution in [0.4, 0.5) is 5.82 Å². The first kappa shape index (κ1) is 15.2. The van der Waals surface area contributed by atoms with Crippen molar-refractivity contribution in [3.05, 3.63) is 41.8 Å². The van der Waals surface area contributed by atoms with Crippen molar-refractivity contribution < 1.29 is 4.74 Å². The Hall–Kier alpha value is -2.34. The number of nitrogens with zero attached hydrogens (tertiary/aromatic N) is 5. The summed E-state index contributed by atoms with van der Waals surface area (Å²) < 4.78 is 7.72. The van der Waals surface area contributed by atoms with Crippen LogP contribution in [-0.4, -0.2) is 38.9 Å². The van der Waals surface area contributed by atoms with Crippen LogP contribution in [0.3, 0.4) is 0 Å². The molecule has 3 heterocycles. The van der Waals surface area contributed by atoms with E-state index in [4.69, 9.17) is 16.3 Å². The Kier molecular flexibility index (Phi) is 3.98. The molecule has 1 aliphatic rings. The summed E-state index contributed by atoms with van der Waals surface area (Å²) >= 11 is 5.91. The smallest absolute Gasteiger partial charge is 0.163 e. The number of halogens is 1. The van der Waals surface area contributed by atoms with Crippen molar-refractivity contribution in [2.45, 2.75) is 18.9 Å². The Morgan fingerprint density at radius 1 is 1.25 bits per heavy atom. The quantitative estimate of drug-likeness (QED) is 0.728. The molecule has 0 N–H and O–H groups in total. The number of anilines is 1. The number of aromatic nitrogens is 4. The molecule has 1 atom stereocenters. The summed E-state index contributed by atoms with van der Waals surface area (Å²) in [5.74, 6) is 1.77. The third-order valence-corrected chi connectivity index (χ3v) is 4.67. The van der Waals surface area contributed by atoms with Crippen LogP contribution >= 0.6 is 11.6 Å². The van der Waals surface area contributed by atoms with Gasteiger partial charge >= 0.3 is 0 Å². The number of fused-ring (bicyclic) bond motifs is 1. The summed E-state index contributed by atoms with van der Waals surface area (Å²) in [4.78, 5) is 11.1. The largest absolute Gasteiger partial charge is 0.491 e. The van der Waals surface area contributed by atoms with Gasteiger partial charge in [0.15, 0.2) is 5.65 Å². The predicted molar refractivity (Wildman–Crippen MR) is 93.6 cm³/mol. The SMILES string of the molecule is Cn1ncc2c(N3CCC[C@@H]3COc3ccc(Cl)cc3)ncnc21. The zero-order valence-electron chi connectivity index (χ0n) is 13.4. The first-order valence-corrected chi connectivity index (χ1v) is 8.38. The van der Waals surface area contributed by atoms with Crippen molar-refractivity contribution in [3.63, 3.8) is 0 Å². The molecule has 1 aromatic carbocycles. The maximum atomic E-state index is 5.95. The maximum Gasteiger partial charge on any atom is 0.163 e. The fourth-order valence-electron chi connectivity index (χ4n) is 3.19. The molecule has 1 fully saturated rings.